The second kappa shape index (κ2) is 9.14. The first-order valence-electron chi connectivity index (χ1n) is 8.85. The van der Waals surface area contributed by atoms with Gasteiger partial charge in [0.15, 0.2) is 0 Å². The fourth-order valence-electron chi connectivity index (χ4n) is 2.87. The van der Waals surface area contributed by atoms with E-state index in [4.69, 9.17) is 0 Å². The topological polar surface area (TPSA) is 66.5 Å². The molecule has 0 spiro atoms. The van der Waals surface area contributed by atoms with Crippen molar-refractivity contribution in [1.82, 2.24) is 5.32 Å². The highest BCUT2D eigenvalue weighted by molar-refractivity contribution is 7.92. The van der Waals surface area contributed by atoms with Gasteiger partial charge in [0, 0.05) is 6.07 Å². The Morgan fingerprint density at radius 3 is 2.29 bits per heavy atom. The summed E-state index contributed by atoms with van der Waals surface area (Å²) < 4.78 is 52.1. The van der Waals surface area contributed by atoms with Gasteiger partial charge in [-0.2, -0.15) is 0 Å². The fourth-order valence-corrected chi connectivity index (χ4v) is 3.73. The number of hydrogen-bond donors (Lipinski definition) is 1. The number of rotatable bonds is 8. The smallest absolute Gasteiger partial charge is 0.241 e. The Balaban J connectivity index is 2.25. The van der Waals surface area contributed by atoms with Crippen LogP contribution in [0.4, 0.5) is 14.5 Å². The summed E-state index contributed by atoms with van der Waals surface area (Å²) in [6.45, 7) is 3.42. The number of halogens is 2. The van der Waals surface area contributed by atoms with E-state index in [-0.39, 0.29) is 17.6 Å². The molecule has 0 saturated carbocycles. The van der Waals surface area contributed by atoms with Crippen molar-refractivity contribution >= 4 is 21.6 Å². The minimum atomic E-state index is -3.96. The van der Waals surface area contributed by atoms with Gasteiger partial charge < -0.3 is 5.32 Å². The van der Waals surface area contributed by atoms with Crippen LogP contribution in [-0.4, -0.2) is 27.1 Å². The van der Waals surface area contributed by atoms with Crippen molar-refractivity contribution in [2.75, 3.05) is 17.1 Å². The number of nitrogens with one attached hydrogen (secondary N) is 1. The van der Waals surface area contributed by atoms with Crippen molar-refractivity contribution < 1.29 is 22.0 Å². The lowest BCUT2D eigenvalue weighted by Gasteiger charge is -2.25. The second-order valence-corrected chi connectivity index (χ2v) is 8.93. The van der Waals surface area contributed by atoms with Crippen molar-refractivity contribution in [3.8, 4) is 0 Å². The fraction of sp³-hybridized carbons (Fsp3) is 0.350. The lowest BCUT2D eigenvalue weighted by molar-refractivity contribution is -0.120. The summed E-state index contributed by atoms with van der Waals surface area (Å²) in [5, 5.41) is 2.83. The van der Waals surface area contributed by atoms with Crippen LogP contribution >= 0.6 is 0 Å². The maximum atomic E-state index is 14.1. The first-order chi connectivity index (χ1) is 13.1. The maximum Gasteiger partial charge on any atom is 0.241 e. The molecule has 8 heteroatoms. The summed E-state index contributed by atoms with van der Waals surface area (Å²) in [4.78, 5) is 12.6. The van der Waals surface area contributed by atoms with E-state index in [9.17, 15) is 22.0 Å². The molecule has 28 heavy (non-hydrogen) atoms. The van der Waals surface area contributed by atoms with Gasteiger partial charge in [-0.3, -0.25) is 9.10 Å². The predicted octanol–water partition coefficient (Wildman–Crippen LogP) is 3.63. The van der Waals surface area contributed by atoms with Crippen LogP contribution in [0.1, 0.15) is 31.9 Å². The van der Waals surface area contributed by atoms with Crippen molar-refractivity contribution in [2.45, 2.75) is 26.3 Å². The first-order valence-corrected chi connectivity index (χ1v) is 10.7. The first kappa shape index (κ1) is 21.8. The van der Waals surface area contributed by atoms with Gasteiger partial charge in [-0.05, 0) is 30.0 Å². The zero-order valence-electron chi connectivity index (χ0n) is 16.0. The van der Waals surface area contributed by atoms with Gasteiger partial charge in [-0.15, -0.1) is 0 Å². The quantitative estimate of drug-likeness (QED) is 0.723. The van der Waals surface area contributed by atoms with Gasteiger partial charge in [0.2, 0.25) is 15.9 Å². The van der Waals surface area contributed by atoms with Crippen LogP contribution in [0.3, 0.4) is 0 Å². The van der Waals surface area contributed by atoms with Crippen LogP contribution < -0.4 is 9.62 Å². The number of sulfonamides is 1. The van der Waals surface area contributed by atoms with Crippen LogP contribution in [0.25, 0.3) is 0 Å². The number of hydrogen-bond acceptors (Lipinski definition) is 3. The zero-order valence-corrected chi connectivity index (χ0v) is 16.8. The number of carbonyl (C=O) groups excluding carboxylic acids is 1. The van der Waals surface area contributed by atoms with E-state index in [2.05, 4.69) is 5.32 Å². The highest BCUT2D eigenvalue weighted by Crippen LogP contribution is 2.24. The number of amides is 1. The Hall–Kier alpha value is -2.48. The number of carbonyl (C=O) groups is 1. The summed E-state index contributed by atoms with van der Waals surface area (Å²) in [5.74, 6) is -2.19. The van der Waals surface area contributed by atoms with Crippen molar-refractivity contribution in [2.24, 2.45) is 5.92 Å². The average Bonchev–Trinajstić information content (AvgIpc) is 2.59. The van der Waals surface area contributed by atoms with Crippen molar-refractivity contribution in [1.29, 1.82) is 0 Å². The molecule has 0 bridgehead atoms. The molecule has 1 N–H and O–H groups in total. The van der Waals surface area contributed by atoms with E-state index >= 15 is 0 Å². The van der Waals surface area contributed by atoms with Gasteiger partial charge in [0.05, 0.1) is 18.0 Å². The Labute approximate surface area is 164 Å². The molecule has 2 rings (SSSR count). The molecular formula is C20H24F2N2O3S. The van der Waals surface area contributed by atoms with Gasteiger partial charge in [-0.25, -0.2) is 17.2 Å². The molecule has 0 fully saturated rings. The lowest BCUT2D eigenvalue weighted by atomic mass is 9.97. The van der Waals surface area contributed by atoms with Crippen LogP contribution in [0.2, 0.25) is 0 Å². The van der Waals surface area contributed by atoms with Crippen molar-refractivity contribution in [3.05, 3.63) is 65.7 Å². The standard InChI is InChI=1S/C20H24F2N2O3S/c1-14(2)11-18(15-7-5-4-6-8-15)23-20(25)13-24(28(3,26)27)19-10-9-16(21)12-17(19)22/h4-10,12,14,18H,11,13H2,1-3H3,(H,23,25)/t18-/m1/s1. The Morgan fingerprint density at radius 1 is 1.11 bits per heavy atom. The molecule has 1 atom stereocenters. The van der Waals surface area contributed by atoms with Crippen LogP contribution in [-0.2, 0) is 14.8 Å². The number of nitrogens with zero attached hydrogens (tertiary/aromatic N) is 1. The average molecular weight is 410 g/mol. The van der Waals surface area contributed by atoms with E-state index < -0.39 is 34.1 Å². The molecule has 5 nitrogen and oxygen atoms in total. The van der Waals surface area contributed by atoms with E-state index in [1.54, 1.807) is 0 Å². The third kappa shape index (κ3) is 6.02. The molecule has 0 heterocycles. The molecule has 0 saturated heterocycles. The molecule has 0 aliphatic heterocycles. The molecule has 152 valence electrons. The Kier molecular flexibility index (Phi) is 7.12. The molecule has 0 unspecified atom stereocenters. The molecular weight excluding hydrogens is 386 g/mol. The van der Waals surface area contributed by atoms with Gasteiger partial charge in [0.1, 0.15) is 18.2 Å². The molecule has 0 radical (unpaired) electrons. The zero-order chi connectivity index (χ0) is 20.9. The Morgan fingerprint density at radius 2 is 1.75 bits per heavy atom. The highest BCUT2D eigenvalue weighted by Gasteiger charge is 2.25. The third-order valence-corrected chi connectivity index (χ3v) is 5.24. The largest absolute Gasteiger partial charge is 0.348 e. The SMILES string of the molecule is CC(C)C[C@@H](NC(=O)CN(c1ccc(F)cc1F)S(C)(=O)=O)c1ccccc1. The van der Waals surface area contributed by atoms with E-state index in [1.165, 1.54) is 0 Å². The van der Waals surface area contributed by atoms with E-state index in [0.29, 0.717) is 16.8 Å². The Bertz CT molecular complexity index is 918. The normalized spacial score (nSPS) is 12.6. The maximum absolute atomic E-state index is 14.1. The molecule has 0 aliphatic carbocycles. The number of benzene rings is 2. The highest BCUT2D eigenvalue weighted by atomic mass is 32.2. The van der Waals surface area contributed by atoms with Gasteiger partial charge >= 0.3 is 0 Å². The summed E-state index contributed by atoms with van der Waals surface area (Å²) in [6.07, 6.45) is 1.52. The summed E-state index contributed by atoms with van der Waals surface area (Å²) in [6, 6.07) is 11.5. The number of anilines is 1. The van der Waals surface area contributed by atoms with Crippen LogP contribution in [0.5, 0.6) is 0 Å². The second-order valence-electron chi connectivity index (χ2n) is 7.03. The predicted molar refractivity (Wildman–Crippen MR) is 105 cm³/mol. The molecule has 1 amide bonds. The minimum Gasteiger partial charge on any atom is -0.348 e. The van der Waals surface area contributed by atoms with Crippen LogP contribution in [0, 0.1) is 17.6 Å². The monoisotopic (exact) mass is 410 g/mol. The summed E-state index contributed by atoms with van der Waals surface area (Å²) in [7, 11) is -3.96. The minimum absolute atomic E-state index is 0.283. The van der Waals surface area contributed by atoms with Gasteiger partial charge in [-0.1, -0.05) is 44.2 Å². The van der Waals surface area contributed by atoms with Crippen LogP contribution in [0.15, 0.2) is 48.5 Å². The van der Waals surface area contributed by atoms with Crippen molar-refractivity contribution in [3.63, 3.8) is 0 Å². The summed E-state index contributed by atoms with van der Waals surface area (Å²) >= 11 is 0. The summed E-state index contributed by atoms with van der Waals surface area (Å²) in [5.41, 5.74) is 0.516. The molecule has 0 aliphatic rings. The van der Waals surface area contributed by atoms with E-state index in [0.717, 1.165) is 24.0 Å². The van der Waals surface area contributed by atoms with Gasteiger partial charge in [0.25, 0.3) is 0 Å². The third-order valence-electron chi connectivity index (χ3n) is 4.11. The van der Waals surface area contributed by atoms with E-state index in [1.807, 2.05) is 44.2 Å². The molecule has 2 aromatic carbocycles. The molecule has 2 aromatic rings. The molecule has 0 aromatic heterocycles. The lowest BCUT2D eigenvalue weighted by Crippen LogP contribution is -2.42.